The average Bonchev–Trinajstić information content (AvgIpc) is 2.36. The third-order valence-electron chi connectivity index (χ3n) is 2.68. The molecule has 20 heavy (non-hydrogen) atoms. The summed E-state index contributed by atoms with van der Waals surface area (Å²) in [4.78, 5) is 27.2. The van der Waals surface area contributed by atoms with E-state index < -0.39 is 23.2 Å². The van der Waals surface area contributed by atoms with Crippen LogP contribution in [0.2, 0.25) is 0 Å². The zero-order chi connectivity index (χ0) is 15.3. The van der Waals surface area contributed by atoms with Crippen molar-refractivity contribution in [1.82, 2.24) is 10.3 Å². The zero-order valence-electron chi connectivity index (χ0n) is 11.8. The highest BCUT2D eigenvalue weighted by molar-refractivity contribution is 6.01. The molecule has 0 unspecified atom stereocenters. The Morgan fingerprint density at radius 1 is 1.45 bits per heavy atom. The summed E-state index contributed by atoms with van der Waals surface area (Å²) in [6.07, 6.45) is 1.85. The Morgan fingerprint density at radius 2 is 2.10 bits per heavy atom. The number of nitrogens with zero attached hydrogens (tertiary/aromatic N) is 1. The summed E-state index contributed by atoms with van der Waals surface area (Å²) in [5.74, 6) is -1.65. The molecule has 1 aromatic rings. The van der Waals surface area contributed by atoms with Crippen LogP contribution in [0.3, 0.4) is 0 Å². The van der Waals surface area contributed by atoms with Gasteiger partial charge in [0.05, 0.1) is 11.8 Å². The molecule has 0 atom stereocenters. The molecule has 0 aromatic carbocycles. The number of pyridine rings is 1. The number of carbonyl (C=O) groups is 2. The molecule has 0 aliphatic carbocycles. The zero-order valence-corrected chi connectivity index (χ0v) is 11.8. The normalized spacial score (nSPS) is 11.0. The first kappa shape index (κ1) is 15.9. The van der Waals surface area contributed by atoms with Crippen molar-refractivity contribution in [3.8, 4) is 0 Å². The Kier molecular flexibility index (Phi) is 5.01. The summed E-state index contributed by atoms with van der Waals surface area (Å²) in [6, 6.07) is 1.07. The van der Waals surface area contributed by atoms with Crippen LogP contribution in [0.4, 0.5) is 10.2 Å². The Bertz CT molecular complexity index is 517. The van der Waals surface area contributed by atoms with E-state index in [9.17, 15) is 14.0 Å². The number of halogens is 1. The van der Waals surface area contributed by atoms with E-state index in [1.807, 2.05) is 6.92 Å². The van der Waals surface area contributed by atoms with E-state index in [4.69, 9.17) is 5.73 Å². The molecule has 6 nitrogen and oxygen atoms in total. The Balaban J connectivity index is 3.02. The van der Waals surface area contributed by atoms with Gasteiger partial charge in [0.2, 0.25) is 5.91 Å². The first-order chi connectivity index (χ1) is 9.27. The number of hydrogen-bond acceptors (Lipinski definition) is 4. The van der Waals surface area contributed by atoms with Crippen molar-refractivity contribution < 1.29 is 14.0 Å². The monoisotopic (exact) mass is 282 g/mol. The first-order valence-electron chi connectivity index (χ1n) is 6.29. The molecule has 0 bridgehead atoms. The molecular formula is C13H19FN4O2. The minimum atomic E-state index is -1.23. The van der Waals surface area contributed by atoms with Crippen molar-refractivity contribution in [3.05, 3.63) is 23.6 Å². The van der Waals surface area contributed by atoms with E-state index in [2.05, 4.69) is 15.6 Å². The summed E-state index contributed by atoms with van der Waals surface area (Å²) in [6.45, 7) is 5.49. The third kappa shape index (κ3) is 3.91. The number of rotatable bonds is 6. The molecule has 0 saturated carbocycles. The van der Waals surface area contributed by atoms with Crippen molar-refractivity contribution in [2.75, 3.05) is 11.9 Å². The number of nitrogens with two attached hydrogens (primary N) is 1. The average molecular weight is 282 g/mol. The summed E-state index contributed by atoms with van der Waals surface area (Å²) in [5, 5.41) is 5.39. The number of carbonyl (C=O) groups excluding carboxylic acids is 2. The Morgan fingerprint density at radius 3 is 2.65 bits per heavy atom. The number of primary amides is 1. The largest absolute Gasteiger partial charge is 0.369 e. The summed E-state index contributed by atoms with van der Waals surface area (Å²) in [5.41, 5.74) is 3.99. The van der Waals surface area contributed by atoms with Gasteiger partial charge in [0.25, 0.3) is 5.91 Å². The van der Waals surface area contributed by atoms with E-state index in [1.54, 1.807) is 0 Å². The van der Waals surface area contributed by atoms with Gasteiger partial charge in [0.1, 0.15) is 17.2 Å². The van der Waals surface area contributed by atoms with Gasteiger partial charge in [-0.05, 0) is 26.3 Å². The van der Waals surface area contributed by atoms with Crippen LogP contribution < -0.4 is 16.4 Å². The second-order valence-electron chi connectivity index (χ2n) is 4.92. The van der Waals surface area contributed by atoms with Gasteiger partial charge in [-0.25, -0.2) is 9.37 Å². The summed E-state index contributed by atoms with van der Waals surface area (Å²) in [7, 11) is 0. The molecule has 7 heteroatoms. The first-order valence-corrected chi connectivity index (χ1v) is 6.29. The summed E-state index contributed by atoms with van der Waals surface area (Å²) < 4.78 is 13.3. The molecule has 0 aliphatic heterocycles. The van der Waals surface area contributed by atoms with Gasteiger partial charge in [0.15, 0.2) is 0 Å². The maximum Gasteiger partial charge on any atom is 0.255 e. The molecule has 0 spiro atoms. The minimum absolute atomic E-state index is 0.0350. The van der Waals surface area contributed by atoms with E-state index in [1.165, 1.54) is 13.8 Å². The van der Waals surface area contributed by atoms with Crippen LogP contribution >= 0.6 is 0 Å². The van der Waals surface area contributed by atoms with E-state index in [0.29, 0.717) is 6.54 Å². The highest BCUT2D eigenvalue weighted by Crippen LogP contribution is 2.15. The highest BCUT2D eigenvalue weighted by Gasteiger charge is 2.28. The molecule has 0 fully saturated rings. The number of amides is 2. The van der Waals surface area contributed by atoms with Crippen LogP contribution in [-0.2, 0) is 4.79 Å². The molecule has 4 N–H and O–H groups in total. The van der Waals surface area contributed by atoms with Crippen LogP contribution in [0.5, 0.6) is 0 Å². The number of anilines is 1. The van der Waals surface area contributed by atoms with Crippen LogP contribution in [0.25, 0.3) is 0 Å². The maximum absolute atomic E-state index is 13.3. The molecular weight excluding hydrogens is 263 g/mol. The predicted octanol–water partition coefficient (Wildman–Crippen LogP) is 1.04. The van der Waals surface area contributed by atoms with Crippen molar-refractivity contribution in [3.63, 3.8) is 0 Å². The van der Waals surface area contributed by atoms with Crippen molar-refractivity contribution >= 4 is 17.6 Å². The summed E-state index contributed by atoms with van der Waals surface area (Å²) >= 11 is 0. The van der Waals surface area contributed by atoms with Crippen LogP contribution in [-0.4, -0.2) is 28.9 Å². The molecule has 1 rings (SSSR count). The molecule has 1 heterocycles. The standard InChI is InChI=1S/C13H19FN4O2/c1-4-5-16-10-9(6-8(14)7-17-10)11(19)18-13(2,3)12(15)20/h6-7H,4-5H2,1-3H3,(H2,15,20)(H,16,17)(H,18,19). The molecule has 0 aliphatic rings. The number of nitrogens with one attached hydrogen (secondary N) is 2. The predicted molar refractivity (Wildman–Crippen MR) is 73.7 cm³/mol. The second kappa shape index (κ2) is 6.31. The van der Waals surface area contributed by atoms with Gasteiger partial charge in [-0.2, -0.15) is 0 Å². The molecule has 0 radical (unpaired) electrons. The number of aromatic nitrogens is 1. The molecule has 0 saturated heterocycles. The van der Waals surface area contributed by atoms with Crippen LogP contribution in [0.1, 0.15) is 37.6 Å². The van der Waals surface area contributed by atoms with E-state index >= 15 is 0 Å². The molecule has 1 aromatic heterocycles. The Hall–Kier alpha value is -2.18. The van der Waals surface area contributed by atoms with Gasteiger partial charge in [-0.1, -0.05) is 6.92 Å². The van der Waals surface area contributed by atoms with Crippen molar-refractivity contribution in [2.45, 2.75) is 32.7 Å². The number of hydrogen-bond donors (Lipinski definition) is 3. The lowest BCUT2D eigenvalue weighted by Gasteiger charge is -2.22. The SMILES string of the molecule is CCCNc1ncc(F)cc1C(=O)NC(C)(C)C(N)=O. The van der Waals surface area contributed by atoms with Gasteiger partial charge < -0.3 is 16.4 Å². The lowest BCUT2D eigenvalue weighted by atomic mass is 10.0. The molecule has 110 valence electrons. The minimum Gasteiger partial charge on any atom is -0.369 e. The van der Waals surface area contributed by atoms with Gasteiger partial charge in [-0.3, -0.25) is 9.59 Å². The van der Waals surface area contributed by atoms with Gasteiger partial charge in [0, 0.05) is 6.54 Å². The quantitative estimate of drug-likeness (QED) is 0.726. The topological polar surface area (TPSA) is 97.1 Å². The lowest BCUT2D eigenvalue weighted by Crippen LogP contribution is -2.53. The fourth-order valence-electron chi connectivity index (χ4n) is 1.41. The highest BCUT2D eigenvalue weighted by atomic mass is 19.1. The fourth-order valence-corrected chi connectivity index (χ4v) is 1.41. The van der Waals surface area contributed by atoms with E-state index in [-0.39, 0.29) is 11.4 Å². The fraction of sp³-hybridized carbons (Fsp3) is 0.462. The second-order valence-corrected chi connectivity index (χ2v) is 4.92. The Labute approximate surface area is 116 Å². The third-order valence-corrected chi connectivity index (χ3v) is 2.68. The van der Waals surface area contributed by atoms with Crippen molar-refractivity contribution in [1.29, 1.82) is 0 Å². The van der Waals surface area contributed by atoms with Crippen LogP contribution in [0.15, 0.2) is 12.3 Å². The lowest BCUT2D eigenvalue weighted by molar-refractivity contribution is -0.122. The van der Waals surface area contributed by atoms with Crippen LogP contribution in [0, 0.1) is 5.82 Å². The van der Waals surface area contributed by atoms with Gasteiger partial charge >= 0.3 is 0 Å². The van der Waals surface area contributed by atoms with E-state index in [0.717, 1.165) is 18.7 Å². The molecule has 2 amide bonds. The maximum atomic E-state index is 13.3. The van der Waals surface area contributed by atoms with Gasteiger partial charge in [-0.15, -0.1) is 0 Å². The smallest absolute Gasteiger partial charge is 0.255 e. The van der Waals surface area contributed by atoms with Crippen molar-refractivity contribution in [2.24, 2.45) is 5.73 Å².